The number of hydrogen-bond donors (Lipinski definition) is 1. The Hall–Kier alpha value is -0.830. The summed E-state index contributed by atoms with van der Waals surface area (Å²) in [4.78, 5) is 11.1. The minimum absolute atomic E-state index is 0.269. The number of ether oxygens (including phenoxy) is 1. The van der Waals surface area contributed by atoms with Gasteiger partial charge in [0.1, 0.15) is 6.61 Å². The average molecular weight is 171 g/mol. The first-order valence-electron chi connectivity index (χ1n) is 4.13. The van der Waals surface area contributed by atoms with Gasteiger partial charge in [0.25, 0.3) is 0 Å². The van der Waals surface area contributed by atoms with Gasteiger partial charge in [0.05, 0.1) is 0 Å². The largest absolute Gasteiger partial charge is 0.461 e. The molecule has 0 heterocycles. The van der Waals surface area contributed by atoms with Gasteiger partial charge in [-0.3, -0.25) is 0 Å². The fraction of sp³-hybridized carbons (Fsp3) is 0.667. The van der Waals surface area contributed by atoms with Gasteiger partial charge in [-0.2, -0.15) is 0 Å². The molecule has 12 heavy (non-hydrogen) atoms. The number of carbonyl (C=O) groups is 1. The van der Waals surface area contributed by atoms with Crippen LogP contribution in [0.1, 0.15) is 20.8 Å². The molecule has 0 aliphatic rings. The molecule has 0 saturated heterocycles. The van der Waals surface area contributed by atoms with Crippen molar-refractivity contribution in [3.05, 3.63) is 11.6 Å². The van der Waals surface area contributed by atoms with Crippen LogP contribution in [-0.4, -0.2) is 19.1 Å². The first-order chi connectivity index (χ1) is 5.57. The molecule has 0 radical (unpaired) electrons. The molecule has 2 N–H and O–H groups in total. The lowest BCUT2D eigenvalue weighted by atomic mass is 10.1. The summed E-state index contributed by atoms with van der Waals surface area (Å²) in [5, 5.41) is 0. The minimum Gasteiger partial charge on any atom is -0.461 e. The summed E-state index contributed by atoms with van der Waals surface area (Å²) in [5.74, 6) is 0.101. The highest BCUT2D eigenvalue weighted by atomic mass is 16.5. The van der Waals surface area contributed by atoms with Crippen LogP contribution < -0.4 is 5.73 Å². The predicted molar refractivity (Wildman–Crippen MR) is 48.6 cm³/mol. The molecule has 0 bridgehead atoms. The van der Waals surface area contributed by atoms with Crippen LogP contribution in [0.5, 0.6) is 0 Å². The van der Waals surface area contributed by atoms with Gasteiger partial charge in [-0.25, -0.2) is 4.79 Å². The SMILES string of the molecule is CC(=CC(C)C)C(=O)OCCN. The van der Waals surface area contributed by atoms with Gasteiger partial charge in [0, 0.05) is 12.1 Å². The maximum atomic E-state index is 11.1. The fourth-order valence-electron chi connectivity index (χ4n) is 0.834. The molecule has 70 valence electrons. The van der Waals surface area contributed by atoms with Crippen LogP contribution in [-0.2, 0) is 9.53 Å². The molecule has 0 amide bonds. The van der Waals surface area contributed by atoms with Crippen molar-refractivity contribution >= 4 is 5.97 Å². The van der Waals surface area contributed by atoms with Crippen molar-refractivity contribution in [1.29, 1.82) is 0 Å². The number of nitrogens with two attached hydrogens (primary N) is 1. The van der Waals surface area contributed by atoms with Crippen LogP contribution in [0.25, 0.3) is 0 Å². The topological polar surface area (TPSA) is 52.3 Å². The second kappa shape index (κ2) is 5.77. The van der Waals surface area contributed by atoms with Crippen LogP contribution in [0.15, 0.2) is 11.6 Å². The highest BCUT2D eigenvalue weighted by Gasteiger charge is 2.04. The summed E-state index contributed by atoms with van der Waals surface area (Å²) in [6.45, 7) is 6.45. The first kappa shape index (κ1) is 11.2. The van der Waals surface area contributed by atoms with Crippen LogP contribution in [0, 0.1) is 5.92 Å². The van der Waals surface area contributed by atoms with E-state index in [1.807, 2.05) is 19.9 Å². The molecule has 0 aromatic rings. The van der Waals surface area contributed by atoms with Crippen LogP contribution >= 0.6 is 0 Å². The third-order valence-corrected chi connectivity index (χ3v) is 1.26. The van der Waals surface area contributed by atoms with Crippen molar-refractivity contribution in [3.63, 3.8) is 0 Å². The van der Waals surface area contributed by atoms with E-state index in [2.05, 4.69) is 0 Å². The lowest BCUT2D eigenvalue weighted by Gasteiger charge is -2.03. The second-order valence-corrected chi connectivity index (χ2v) is 3.02. The Morgan fingerprint density at radius 1 is 1.58 bits per heavy atom. The molecule has 0 aliphatic carbocycles. The van der Waals surface area contributed by atoms with Crippen LogP contribution in [0.4, 0.5) is 0 Å². The molecule has 0 aromatic heterocycles. The first-order valence-corrected chi connectivity index (χ1v) is 4.13. The van der Waals surface area contributed by atoms with Gasteiger partial charge in [0.15, 0.2) is 0 Å². The van der Waals surface area contributed by atoms with Crippen molar-refractivity contribution in [2.75, 3.05) is 13.2 Å². The Balaban J connectivity index is 3.92. The van der Waals surface area contributed by atoms with Gasteiger partial charge in [0.2, 0.25) is 0 Å². The number of allylic oxidation sites excluding steroid dienone is 1. The van der Waals surface area contributed by atoms with Crippen LogP contribution in [0.2, 0.25) is 0 Å². The van der Waals surface area contributed by atoms with Crippen molar-refractivity contribution < 1.29 is 9.53 Å². The molecule has 3 nitrogen and oxygen atoms in total. The molecular formula is C9H17NO2. The highest BCUT2D eigenvalue weighted by Crippen LogP contribution is 2.02. The maximum Gasteiger partial charge on any atom is 0.333 e. The lowest BCUT2D eigenvalue weighted by Crippen LogP contribution is -2.14. The Labute approximate surface area is 73.6 Å². The molecule has 0 atom stereocenters. The zero-order valence-electron chi connectivity index (χ0n) is 7.96. The second-order valence-electron chi connectivity index (χ2n) is 3.02. The number of esters is 1. The monoisotopic (exact) mass is 171 g/mol. The molecule has 0 unspecified atom stereocenters. The summed E-state index contributed by atoms with van der Waals surface area (Å²) >= 11 is 0. The van der Waals surface area contributed by atoms with E-state index in [9.17, 15) is 4.79 Å². The van der Waals surface area contributed by atoms with E-state index in [1.165, 1.54) is 0 Å². The van der Waals surface area contributed by atoms with Crippen LogP contribution in [0.3, 0.4) is 0 Å². The molecule has 0 aliphatic heterocycles. The average Bonchev–Trinajstić information content (AvgIpc) is 1.98. The van der Waals surface area contributed by atoms with Crippen molar-refractivity contribution in [2.24, 2.45) is 11.7 Å². The Bertz CT molecular complexity index is 173. The smallest absolute Gasteiger partial charge is 0.333 e. The van der Waals surface area contributed by atoms with E-state index >= 15 is 0 Å². The maximum absolute atomic E-state index is 11.1. The highest BCUT2D eigenvalue weighted by molar-refractivity contribution is 5.87. The molecule has 3 heteroatoms. The van der Waals surface area contributed by atoms with Crippen molar-refractivity contribution in [2.45, 2.75) is 20.8 Å². The molecule has 0 aromatic carbocycles. The third kappa shape index (κ3) is 4.91. The number of carbonyl (C=O) groups excluding carboxylic acids is 1. The number of hydrogen-bond acceptors (Lipinski definition) is 3. The van der Waals surface area contributed by atoms with E-state index in [0.717, 1.165) is 0 Å². The summed E-state index contributed by atoms with van der Waals surface area (Å²) in [6, 6.07) is 0. The fourth-order valence-corrected chi connectivity index (χ4v) is 0.834. The standard InChI is InChI=1S/C9H17NO2/c1-7(2)6-8(3)9(11)12-5-4-10/h6-7H,4-5,10H2,1-3H3. The minimum atomic E-state index is -0.269. The van der Waals surface area contributed by atoms with E-state index in [0.29, 0.717) is 24.6 Å². The Morgan fingerprint density at radius 2 is 2.17 bits per heavy atom. The van der Waals surface area contributed by atoms with Gasteiger partial charge >= 0.3 is 5.97 Å². The van der Waals surface area contributed by atoms with E-state index in [-0.39, 0.29) is 5.97 Å². The number of rotatable bonds is 4. The quantitative estimate of drug-likeness (QED) is 0.509. The summed E-state index contributed by atoms with van der Waals surface area (Å²) in [6.07, 6.45) is 1.87. The Morgan fingerprint density at radius 3 is 2.58 bits per heavy atom. The molecular weight excluding hydrogens is 154 g/mol. The van der Waals surface area contributed by atoms with Gasteiger partial charge < -0.3 is 10.5 Å². The van der Waals surface area contributed by atoms with E-state index in [4.69, 9.17) is 10.5 Å². The lowest BCUT2D eigenvalue weighted by molar-refractivity contribution is -0.138. The zero-order chi connectivity index (χ0) is 9.56. The Kier molecular flexibility index (Phi) is 5.37. The van der Waals surface area contributed by atoms with Gasteiger partial charge in [-0.05, 0) is 12.8 Å². The summed E-state index contributed by atoms with van der Waals surface area (Å²) in [5.41, 5.74) is 5.83. The normalized spacial score (nSPS) is 11.9. The third-order valence-electron chi connectivity index (χ3n) is 1.26. The predicted octanol–water partition coefficient (Wildman–Crippen LogP) is 1.09. The molecule has 0 rings (SSSR count). The molecule has 0 fully saturated rings. The van der Waals surface area contributed by atoms with E-state index in [1.54, 1.807) is 6.92 Å². The summed E-state index contributed by atoms with van der Waals surface area (Å²) < 4.78 is 4.82. The zero-order valence-corrected chi connectivity index (χ0v) is 7.96. The summed E-state index contributed by atoms with van der Waals surface area (Å²) in [7, 11) is 0. The van der Waals surface area contributed by atoms with Crippen molar-refractivity contribution in [3.8, 4) is 0 Å². The molecule has 0 saturated carbocycles. The molecule has 0 spiro atoms. The van der Waals surface area contributed by atoms with Crippen molar-refractivity contribution in [1.82, 2.24) is 0 Å². The van der Waals surface area contributed by atoms with Gasteiger partial charge in [-0.1, -0.05) is 19.9 Å². The van der Waals surface area contributed by atoms with E-state index < -0.39 is 0 Å². The van der Waals surface area contributed by atoms with Gasteiger partial charge in [-0.15, -0.1) is 0 Å².